The molecule has 70 heavy (non-hydrogen) atoms. The standard InChI is InChI=1S/C64H108O6/c1-4-7-10-13-15-17-19-21-23-24-25-26-27-28-29-30-31-32-33-34-35-36-37-38-39-40-41-43-44-46-48-51-54-57-63(66)69-60-61(59-68-62(65)56-53-50-12-9-6-3)70-64(67)58-55-52-49-47-45-42-22-20-18-16-14-11-8-5-2/h7,10,15,17,20-23,25-26,28-29,31-32,34-35,61H,4-6,8-9,11-14,16,18-19,24,27,30,33,36-60H2,1-3H3/b10-7-,17-15-,22-20-,23-21-,26-25-,29-28-,32-31-,35-34-. The normalized spacial score (nSPS) is 12.8. The Balaban J connectivity index is 4.02. The summed E-state index contributed by atoms with van der Waals surface area (Å²) < 4.78 is 16.7. The van der Waals surface area contributed by atoms with Gasteiger partial charge in [0.2, 0.25) is 0 Å². The van der Waals surface area contributed by atoms with Crippen molar-refractivity contribution < 1.29 is 28.6 Å². The van der Waals surface area contributed by atoms with Crippen LogP contribution < -0.4 is 0 Å². The van der Waals surface area contributed by atoms with Crippen LogP contribution in [0.15, 0.2) is 97.2 Å². The first-order valence-corrected chi connectivity index (χ1v) is 29.2. The molecule has 0 rings (SSSR count). The maximum Gasteiger partial charge on any atom is 0.306 e. The van der Waals surface area contributed by atoms with E-state index in [1.165, 1.54) is 109 Å². The molecule has 0 aromatic rings. The minimum atomic E-state index is -0.777. The van der Waals surface area contributed by atoms with Gasteiger partial charge in [-0.2, -0.15) is 0 Å². The van der Waals surface area contributed by atoms with E-state index in [0.29, 0.717) is 19.3 Å². The lowest BCUT2D eigenvalue weighted by Crippen LogP contribution is -2.30. The van der Waals surface area contributed by atoms with Gasteiger partial charge in [0.25, 0.3) is 0 Å². The second-order valence-electron chi connectivity index (χ2n) is 19.2. The highest BCUT2D eigenvalue weighted by Gasteiger charge is 2.19. The molecule has 0 aliphatic carbocycles. The predicted molar refractivity (Wildman–Crippen MR) is 302 cm³/mol. The Labute approximate surface area is 432 Å². The number of carbonyl (C=O) groups excluding carboxylic acids is 3. The Morgan fingerprint density at radius 2 is 0.557 bits per heavy atom. The Hall–Kier alpha value is -3.67. The van der Waals surface area contributed by atoms with E-state index in [2.05, 4.69) is 118 Å². The van der Waals surface area contributed by atoms with E-state index in [9.17, 15) is 14.4 Å². The third kappa shape index (κ3) is 55.3. The molecule has 0 fully saturated rings. The number of carbonyl (C=O) groups is 3. The molecular formula is C64H108O6. The van der Waals surface area contributed by atoms with Crippen molar-refractivity contribution in [1.82, 2.24) is 0 Å². The van der Waals surface area contributed by atoms with Gasteiger partial charge in [-0.05, 0) is 103 Å². The van der Waals surface area contributed by atoms with Crippen LogP contribution in [0, 0.1) is 0 Å². The highest BCUT2D eigenvalue weighted by Crippen LogP contribution is 2.15. The van der Waals surface area contributed by atoms with Crippen LogP contribution in [0.25, 0.3) is 0 Å². The molecule has 0 aliphatic heterocycles. The van der Waals surface area contributed by atoms with Gasteiger partial charge in [-0.1, -0.05) is 246 Å². The van der Waals surface area contributed by atoms with Crippen molar-refractivity contribution >= 4 is 17.9 Å². The zero-order valence-corrected chi connectivity index (χ0v) is 45.8. The molecule has 0 aromatic carbocycles. The fourth-order valence-electron chi connectivity index (χ4n) is 7.95. The quantitative estimate of drug-likeness (QED) is 0.0262. The first-order chi connectivity index (χ1) is 34.5. The molecule has 1 unspecified atom stereocenters. The SMILES string of the molecule is CC/C=C\C/C=C\C/C=C\C/C=C\C/C=C\C/C=C\C/C=C\CCCCCCCCCCCCCC(=O)OCC(COC(=O)CCCCCCC)OC(=O)CCCCCCC/C=C\CCCCCCC. The largest absolute Gasteiger partial charge is 0.462 e. The van der Waals surface area contributed by atoms with Crippen LogP contribution >= 0.6 is 0 Å². The molecule has 0 saturated heterocycles. The van der Waals surface area contributed by atoms with Crippen LogP contribution in [0.2, 0.25) is 0 Å². The summed E-state index contributed by atoms with van der Waals surface area (Å²) in [6, 6.07) is 0. The average molecular weight is 974 g/mol. The Morgan fingerprint density at radius 1 is 0.300 bits per heavy atom. The van der Waals surface area contributed by atoms with Crippen molar-refractivity contribution in [2.24, 2.45) is 0 Å². The van der Waals surface area contributed by atoms with Crippen LogP contribution in [0.3, 0.4) is 0 Å². The summed E-state index contributed by atoms with van der Waals surface area (Å²) in [5, 5.41) is 0. The molecule has 0 spiro atoms. The van der Waals surface area contributed by atoms with Crippen LogP contribution in [0.1, 0.15) is 271 Å². The summed E-state index contributed by atoms with van der Waals surface area (Å²) in [5.41, 5.74) is 0. The van der Waals surface area contributed by atoms with Crippen LogP contribution in [0.5, 0.6) is 0 Å². The summed E-state index contributed by atoms with van der Waals surface area (Å²) in [6.07, 6.45) is 77.4. The molecule has 6 heteroatoms. The van der Waals surface area contributed by atoms with Crippen LogP contribution in [-0.2, 0) is 28.6 Å². The van der Waals surface area contributed by atoms with Crippen molar-refractivity contribution in [3.63, 3.8) is 0 Å². The second kappa shape index (κ2) is 57.9. The van der Waals surface area contributed by atoms with Gasteiger partial charge in [-0.3, -0.25) is 14.4 Å². The van der Waals surface area contributed by atoms with Gasteiger partial charge in [-0.25, -0.2) is 0 Å². The molecule has 0 saturated carbocycles. The molecule has 0 aliphatic rings. The summed E-state index contributed by atoms with van der Waals surface area (Å²) in [4.78, 5) is 37.7. The summed E-state index contributed by atoms with van der Waals surface area (Å²) in [6.45, 7) is 6.42. The van der Waals surface area contributed by atoms with E-state index in [-0.39, 0.29) is 31.1 Å². The maximum absolute atomic E-state index is 12.7. The topological polar surface area (TPSA) is 78.9 Å². The van der Waals surface area contributed by atoms with Gasteiger partial charge in [0.1, 0.15) is 13.2 Å². The molecule has 0 heterocycles. The van der Waals surface area contributed by atoms with Crippen LogP contribution in [-0.4, -0.2) is 37.2 Å². The third-order valence-corrected chi connectivity index (χ3v) is 12.3. The molecule has 0 radical (unpaired) electrons. The maximum atomic E-state index is 12.7. The molecule has 400 valence electrons. The molecule has 0 N–H and O–H groups in total. The third-order valence-electron chi connectivity index (χ3n) is 12.3. The fourth-order valence-corrected chi connectivity index (χ4v) is 7.95. The van der Waals surface area contributed by atoms with Crippen molar-refractivity contribution in [2.45, 2.75) is 277 Å². The van der Waals surface area contributed by atoms with Gasteiger partial charge in [0.15, 0.2) is 6.10 Å². The first kappa shape index (κ1) is 66.3. The highest BCUT2D eigenvalue weighted by atomic mass is 16.6. The van der Waals surface area contributed by atoms with E-state index >= 15 is 0 Å². The van der Waals surface area contributed by atoms with E-state index in [1.807, 2.05) is 0 Å². The van der Waals surface area contributed by atoms with E-state index < -0.39 is 6.10 Å². The smallest absolute Gasteiger partial charge is 0.306 e. The van der Waals surface area contributed by atoms with E-state index in [1.54, 1.807) is 0 Å². The number of ether oxygens (including phenoxy) is 3. The zero-order chi connectivity index (χ0) is 50.7. The molecule has 6 nitrogen and oxygen atoms in total. The van der Waals surface area contributed by atoms with E-state index in [0.717, 1.165) is 122 Å². The summed E-state index contributed by atoms with van der Waals surface area (Å²) in [7, 11) is 0. The Kier molecular flexibility index (Phi) is 54.9. The monoisotopic (exact) mass is 973 g/mol. The van der Waals surface area contributed by atoms with Crippen molar-refractivity contribution in [2.75, 3.05) is 13.2 Å². The van der Waals surface area contributed by atoms with Crippen molar-refractivity contribution in [1.29, 1.82) is 0 Å². The minimum Gasteiger partial charge on any atom is -0.462 e. The Bertz CT molecular complexity index is 1400. The lowest BCUT2D eigenvalue weighted by Gasteiger charge is -2.18. The predicted octanol–water partition coefficient (Wildman–Crippen LogP) is 19.7. The lowest BCUT2D eigenvalue weighted by atomic mass is 10.0. The van der Waals surface area contributed by atoms with Gasteiger partial charge in [-0.15, -0.1) is 0 Å². The summed E-state index contributed by atoms with van der Waals surface area (Å²) in [5.74, 6) is -0.904. The number of hydrogen-bond donors (Lipinski definition) is 0. The molecule has 0 bridgehead atoms. The lowest BCUT2D eigenvalue weighted by molar-refractivity contribution is -0.167. The second-order valence-corrected chi connectivity index (χ2v) is 19.2. The van der Waals surface area contributed by atoms with Crippen LogP contribution in [0.4, 0.5) is 0 Å². The molecule has 0 amide bonds. The molecule has 1 atom stereocenters. The zero-order valence-electron chi connectivity index (χ0n) is 45.8. The Morgan fingerprint density at radius 3 is 0.886 bits per heavy atom. The van der Waals surface area contributed by atoms with Gasteiger partial charge in [0.05, 0.1) is 0 Å². The number of rotatable bonds is 52. The first-order valence-electron chi connectivity index (χ1n) is 29.2. The average Bonchev–Trinajstić information content (AvgIpc) is 3.36. The highest BCUT2D eigenvalue weighted by molar-refractivity contribution is 5.71. The number of allylic oxidation sites excluding steroid dienone is 16. The number of esters is 3. The molecule has 0 aromatic heterocycles. The van der Waals surface area contributed by atoms with Gasteiger partial charge in [0, 0.05) is 19.3 Å². The number of hydrogen-bond acceptors (Lipinski definition) is 6. The number of unbranched alkanes of at least 4 members (excludes halogenated alkanes) is 25. The summed E-state index contributed by atoms with van der Waals surface area (Å²) >= 11 is 0. The van der Waals surface area contributed by atoms with Gasteiger partial charge < -0.3 is 14.2 Å². The van der Waals surface area contributed by atoms with E-state index in [4.69, 9.17) is 14.2 Å². The molecular weight excluding hydrogens is 865 g/mol. The van der Waals surface area contributed by atoms with Gasteiger partial charge >= 0.3 is 17.9 Å². The van der Waals surface area contributed by atoms with Crippen molar-refractivity contribution in [3.8, 4) is 0 Å². The van der Waals surface area contributed by atoms with Crippen molar-refractivity contribution in [3.05, 3.63) is 97.2 Å². The minimum absolute atomic E-state index is 0.0806. The fraction of sp³-hybridized carbons (Fsp3) is 0.703.